The highest BCUT2D eigenvalue weighted by atomic mass is 35.5. The minimum absolute atomic E-state index is 0.528. The first-order valence-electron chi connectivity index (χ1n) is 4.56. The van der Waals surface area contributed by atoms with E-state index in [1.165, 1.54) is 12.8 Å². The van der Waals surface area contributed by atoms with E-state index in [1.807, 2.05) is 5.38 Å². The van der Waals surface area contributed by atoms with Crippen LogP contribution in [0.15, 0.2) is 11.4 Å². The van der Waals surface area contributed by atoms with Crippen LogP contribution in [0, 0.1) is 5.41 Å². The summed E-state index contributed by atoms with van der Waals surface area (Å²) < 4.78 is 0.879. The van der Waals surface area contributed by atoms with E-state index in [-0.39, 0.29) is 0 Å². The molecule has 0 radical (unpaired) electrons. The number of thiophene rings is 1. The average molecular weight is 216 g/mol. The normalized spacial score (nSPS) is 21.2. The molecule has 1 aromatic heterocycles. The molecule has 0 aromatic carbocycles. The molecule has 72 valence electrons. The van der Waals surface area contributed by atoms with Gasteiger partial charge in [0.05, 0.1) is 5.69 Å². The lowest BCUT2D eigenvalue weighted by Gasteiger charge is -2.43. The van der Waals surface area contributed by atoms with Crippen molar-refractivity contribution in [2.45, 2.75) is 32.7 Å². The van der Waals surface area contributed by atoms with Crippen molar-refractivity contribution in [2.75, 3.05) is 5.32 Å². The summed E-state index contributed by atoms with van der Waals surface area (Å²) in [4.78, 5) is 0. The second kappa shape index (κ2) is 3.18. The van der Waals surface area contributed by atoms with Crippen molar-refractivity contribution in [3.8, 4) is 0 Å². The van der Waals surface area contributed by atoms with Gasteiger partial charge in [-0.05, 0) is 29.7 Å². The van der Waals surface area contributed by atoms with Gasteiger partial charge in [-0.25, -0.2) is 0 Å². The van der Waals surface area contributed by atoms with Crippen LogP contribution in [-0.4, -0.2) is 6.04 Å². The molecule has 0 amide bonds. The van der Waals surface area contributed by atoms with Gasteiger partial charge in [0.15, 0.2) is 0 Å². The number of anilines is 1. The molecule has 3 heteroatoms. The van der Waals surface area contributed by atoms with E-state index < -0.39 is 0 Å². The van der Waals surface area contributed by atoms with Gasteiger partial charge >= 0.3 is 0 Å². The van der Waals surface area contributed by atoms with Crippen LogP contribution in [0.25, 0.3) is 0 Å². The molecule has 1 nitrogen and oxygen atoms in total. The first-order chi connectivity index (χ1) is 6.07. The van der Waals surface area contributed by atoms with Crippen LogP contribution in [0.3, 0.4) is 0 Å². The van der Waals surface area contributed by atoms with Gasteiger partial charge in [0.25, 0.3) is 0 Å². The number of halogens is 1. The van der Waals surface area contributed by atoms with E-state index >= 15 is 0 Å². The minimum atomic E-state index is 0.528. The van der Waals surface area contributed by atoms with Crippen molar-refractivity contribution in [1.29, 1.82) is 0 Å². The standard InChI is InChI=1S/C10H14ClNS/c1-10(2)5-7(6-10)12-8-3-4-13-9(8)11/h3-4,7,12H,5-6H2,1-2H3. The maximum Gasteiger partial charge on any atom is 0.116 e. The van der Waals surface area contributed by atoms with Gasteiger partial charge in [0.2, 0.25) is 0 Å². The Labute approximate surface area is 88.1 Å². The van der Waals surface area contributed by atoms with Crippen LogP contribution in [0.4, 0.5) is 5.69 Å². The first-order valence-corrected chi connectivity index (χ1v) is 5.82. The fourth-order valence-corrected chi connectivity index (χ4v) is 2.84. The number of rotatable bonds is 2. The third-order valence-corrected chi connectivity index (χ3v) is 3.75. The maximum absolute atomic E-state index is 5.99. The number of nitrogens with one attached hydrogen (secondary N) is 1. The molecule has 0 unspecified atom stereocenters. The van der Waals surface area contributed by atoms with E-state index in [1.54, 1.807) is 11.3 Å². The van der Waals surface area contributed by atoms with Crippen LogP contribution in [0.1, 0.15) is 26.7 Å². The Morgan fingerprint density at radius 1 is 1.54 bits per heavy atom. The van der Waals surface area contributed by atoms with Crippen LogP contribution >= 0.6 is 22.9 Å². The zero-order valence-corrected chi connectivity index (χ0v) is 9.50. The molecule has 0 aliphatic heterocycles. The van der Waals surface area contributed by atoms with Gasteiger partial charge in [0, 0.05) is 6.04 Å². The Morgan fingerprint density at radius 2 is 2.23 bits per heavy atom. The summed E-state index contributed by atoms with van der Waals surface area (Å²) in [5.74, 6) is 0. The maximum atomic E-state index is 5.99. The van der Waals surface area contributed by atoms with Crippen molar-refractivity contribution in [1.82, 2.24) is 0 Å². The van der Waals surface area contributed by atoms with Gasteiger partial charge in [-0.15, -0.1) is 11.3 Å². The molecule has 0 atom stereocenters. The summed E-state index contributed by atoms with van der Waals surface area (Å²) in [6.45, 7) is 4.61. The Hall–Kier alpha value is -0.210. The predicted molar refractivity (Wildman–Crippen MR) is 59.8 cm³/mol. The smallest absolute Gasteiger partial charge is 0.116 e. The number of hydrogen-bond donors (Lipinski definition) is 1. The fraction of sp³-hybridized carbons (Fsp3) is 0.600. The van der Waals surface area contributed by atoms with Gasteiger partial charge < -0.3 is 5.32 Å². The summed E-state index contributed by atoms with van der Waals surface area (Å²) in [7, 11) is 0. The molecule has 1 aromatic rings. The first kappa shape index (κ1) is 9.35. The fourth-order valence-electron chi connectivity index (χ4n) is 1.99. The summed E-state index contributed by atoms with van der Waals surface area (Å²) >= 11 is 7.58. The quantitative estimate of drug-likeness (QED) is 0.787. The highest BCUT2D eigenvalue weighted by Crippen LogP contribution is 2.42. The van der Waals surface area contributed by atoms with E-state index in [9.17, 15) is 0 Å². The molecule has 1 aliphatic rings. The summed E-state index contributed by atoms with van der Waals surface area (Å²) in [5.41, 5.74) is 1.63. The molecule has 1 fully saturated rings. The molecule has 0 spiro atoms. The monoisotopic (exact) mass is 215 g/mol. The molecular formula is C10H14ClNS. The van der Waals surface area contributed by atoms with Crippen molar-refractivity contribution < 1.29 is 0 Å². The highest BCUT2D eigenvalue weighted by molar-refractivity contribution is 7.15. The molecule has 0 bridgehead atoms. The van der Waals surface area contributed by atoms with Crippen molar-refractivity contribution in [2.24, 2.45) is 5.41 Å². The Balaban J connectivity index is 1.91. The third kappa shape index (κ3) is 2.00. The molecule has 1 heterocycles. The largest absolute Gasteiger partial charge is 0.380 e. The lowest BCUT2D eigenvalue weighted by molar-refractivity contribution is 0.167. The summed E-state index contributed by atoms with van der Waals surface area (Å²) in [6.07, 6.45) is 2.50. The van der Waals surface area contributed by atoms with E-state index in [0.717, 1.165) is 10.0 Å². The van der Waals surface area contributed by atoms with Crippen LogP contribution in [0.5, 0.6) is 0 Å². The SMILES string of the molecule is CC1(C)CC(Nc2ccsc2Cl)C1. The predicted octanol–water partition coefficient (Wildman–Crippen LogP) is 4.00. The third-order valence-electron chi connectivity index (χ3n) is 2.58. The molecule has 1 saturated carbocycles. The van der Waals surface area contributed by atoms with Gasteiger partial charge in [-0.3, -0.25) is 0 Å². The minimum Gasteiger partial charge on any atom is -0.380 e. The van der Waals surface area contributed by atoms with E-state index in [4.69, 9.17) is 11.6 Å². The molecule has 2 rings (SSSR count). The van der Waals surface area contributed by atoms with Crippen molar-refractivity contribution in [3.63, 3.8) is 0 Å². The van der Waals surface area contributed by atoms with Crippen molar-refractivity contribution >= 4 is 28.6 Å². The highest BCUT2D eigenvalue weighted by Gasteiger charge is 2.36. The summed E-state index contributed by atoms with van der Waals surface area (Å²) in [6, 6.07) is 2.68. The van der Waals surface area contributed by atoms with Crippen LogP contribution in [0.2, 0.25) is 4.34 Å². The van der Waals surface area contributed by atoms with Gasteiger partial charge in [-0.1, -0.05) is 25.4 Å². The lowest BCUT2D eigenvalue weighted by Crippen LogP contribution is -2.41. The molecule has 0 saturated heterocycles. The second-order valence-electron chi connectivity index (χ2n) is 4.52. The molecule has 13 heavy (non-hydrogen) atoms. The van der Waals surface area contributed by atoms with Gasteiger partial charge in [-0.2, -0.15) is 0 Å². The van der Waals surface area contributed by atoms with E-state index in [2.05, 4.69) is 25.2 Å². The Bertz CT molecular complexity index is 298. The second-order valence-corrected chi connectivity index (χ2v) is 6.04. The molecule has 1 aliphatic carbocycles. The van der Waals surface area contributed by atoms with Crippen LogP contribution < -0.4 is 5.32 Å². The van der Waals surface area contributed by atoms with E-state index in [0.29, 0.717) is 11.5 Å². The Kier molecular flexibility index (Phi) is 2.28. The molecule has 1 N–H and O–H groups in total. The topological polar surface area (TPSA) is 12.0 Å². The lowest BCUT2D eigenvalue weighted by atomic mass is 9.68. The Morgan fingerprint density at radius 3 is 2.69 bits per heavy atom. The zero-order chi connectivity index (χ0) is 9.47. The molecular weight excluding hydrogens is 202 g/mol. The average Bonchev–Trinajstić information content (AvgIpc) is 2.33. The van der Waals surface area contributed by atoms with Gasteiger partial charge in [0.1, 0.15) is 4.34 Å². The van der Waals surface area contributed by atoms with Crippen LogP contribution in [-0.2, 0) is 0 Å². The number of hydrogen-bond acceptors (Lipinski definition) is 2. The van der Waals surface area contributed by atoms with Crippen molar-refractivity contribution in [3.05, 3.63) is 15.8 Å². The zero-order valence-electron chi connectivity index (χ0n) is 7.93. The summed E-state index contributed by atoms with van der Waals surface area (Å²) in [5, 5.41) is 5.48.